The van der Waals surface area contributed by atoms with Crippen LogP contribution in [0.2, 0.25) is 0 Å². The van der Waals surface area contributed by atoms with Gasteiger partial charge in [0.05, 0.1) is 7.11 Å². The van der Waals surface area contributed by atoms with Crippen molar-refractivity contribution in [1.29, 1.82) is 0 Å². The number of ether oxygens (including phenoxy) is 2. The van der Waals surface area contributed by atoms with Crippen molar-refractivity contribution in [2.24, 2.45) is 10.9 Å². The highest BCUT2D eigenvalue weighted by atomic mass is 32.2. The summed E-state index contributed by atoms with van der Waals surface area (Å²) in [6, 6.07) is 5.56. The van der Waals surface area contributed by atoms with Crippen LogP contribution in [0.4, 0.5) is 0 Å². The molecule has 1 aliphatic rings. The van der Waals surface area contributed by atoms with Crippen LogP contribution in [0, 0.1) is 0 Å². The van der Waals surface area contributed by atoms with E-state index in [1.165, 1.54) is 0 Å². The molecule has 2 rings (SSSR count). The number of nitrogens with zero attached hydrogens (tertiary/aromatic N) is 1. The molecule has 1 fully saturated rings. The fourth-order valence-electron chi connectivity index (χ4n) is 2.16. The molecule has 0 bridgehead atoms. The molecule has 3 N–H and O–H groups in total. The lowest BCUT2D eigenvalue weighted by Gasteiger charge is -2.22. The first-order valence-corrected chi connectivity index (χ1v) is 7.63. The monoisotopic (exact) mass is 296 g/mol. The second-order valence-corrected chi connectivity index (χ2v) is 5.92. The molecule has 0 aliphatic carbocycles. The van der Waals surface area contributed by atoms with E-state index in [-0.39, 0.29) is 5.84 Å². The number of thioether (sulfide) groups is 1. The van der Waals surface area contributed by atoms with Crippen molar-refractivity contribution in [3.8, 4) is 5.75 Å². The van der Waals surface area contributed by atoms with Crippen LogP contribution in [-0.2, 0) is 10.5 Å². The highest BCUT2D eigenvalue weighted by Gasteiger charge is 2.15. The minimum absolute atomic E-state index is 0.116. The second-order valence-electron chi connectivity index (χ2n) is 4.63. The molecule has 0 aromatic heterocycles. The Morgan fingerprint density at radius 2 is 2.25 bits per heavy atom. The van der Waals surface area contributed by atoms with Gasteiger partial charge in [0.1, 0.15) is 5.75 Å². The quantitative estimate of drug-likeness (QED) is 0.377. The number of methoxy groups -OCH3 is 1. The number of hydrogen-bond acceptors (Lipinski definition) is 5. The van der Waals surface area contributed by atoms with Crippen LogP contribution in [0.1, 0.15) is 24.0 Å². The van der Waals surface area contributed by atoms with E-state index in [4.69, 9.17) is 20.4 Å². The van der Waals surface area contributed by atoms with E-state index in [1.54, 1.807) is 13.2 Å². The highest BCUT2D eigenvalue weighted by molar-refractivity contribution is 7.99. The predicted octanol–water partition coefficient (Wildman–Crippen LogP) is 2.20. The molecule has 0 unspecified atom stereocenters. The zero-order chi connectivity index (χ0) is 14.4. The van der Waals surface area contributed by atoms with Gasteiger partial charge in [0.15, 0.2) is 5.84 Å². The summed E-state index contributed by atoms with van der Waals surface area (Å²) in [4.78, 5) is 0. The molecule has 1 heterocycles. The van der Waals surface area contributed by atoms with Crippen LogP contribution < -0.4 is 10.5 Å². The Labute approximate surface area is 123 Å². The zero-order valence-electron chi connectivity index (χ0n) is 11.5. The molecule has 0 atom stereocenters. The van der Waals surface area contributed by atoms with Crippen LogP contribution in [0.25, 0.3) is 0 Å². The minimum Gasteiger partial charge on any atom is -0.496 e. The normalized spacial score (nSPS) is 17.1. The van der Waals surface area contributed by atoms with E-state index in [0.29, 0.717) is 10.8 Å². The number of benzene rings is 1. The van der Waals surface area contributed by atoms with Crippen molar-refractivity contribution in [2.75, 3.05) is 20.3 Å². The number of amidine groups is 1. The van der Waals surface area contributed by atoms with Crippen LogP contribution >= 0.6 is 11.8 Å². The third-order valence-corrected chi connectivity index (χ3v) is 4.75. The van der Waals surface area contributed by atoms with Crippen LogP contribution in [0.3, 0.4) is 0 Å². The van der Waals surface area contributed by atoms with Gasteiger partial charge in [0, 0.05) is 35.3 Å². The Morgan fingerprint density at radius 3 is 2.90 bits per heavy atom. The van der Waals surface area contributed by atoms with Crippen molar-refractivity contribution < 1.29 is 14.7 Å². The highest BCUT2D eigenvalue weighted by Crippen LogP contribution is 2.30. The SMILES string of the molecule is COc1ccc(/C(N)=N/O)cc1CSC1CCOCC1. The van der Waals surface area contributed by atoms with E-state index >= 15 is 0 Å². The fourth-order valence-corrected chi connectivity index (χ4v) is 3.33. The Hall–Kier alpha value is -1.40. The van der Waals surface area contributed by atoms with Crippen molar-refractivity contribution in [1.82, 2.24) is 0 Å². The summed E-state index contributed by atoms with van der Waals surface area (Å²) in [5.41, 5.74) is 7.40. The van der Waals surface area contributed by atoms with Gasteiger partial charge in [0.2, 0.25) is 0 Å². The molecule has 0 saturated carbocycles. The van der Waals surface area contributed by atoms with Crippen LogP contribution in [0.5, 0.6) is 5.75 Å². The average molecular weight is 296 g/mol. The summed E-state index contributed by atoms with van der Waals surface area (Å²) >= 11 is 1.90. The van der Waals surface area contributed by atoms with Gasteiger partial charge in [-0.15, -0.1) is 0 Å². The van der Waals surface area contributed by atoms with Gasteiger partial charge < -0.3 is 20.4 Å². The summed E-state index contributed by atoms with van der Waals surface area (Å²) in [7, 11) is 1.65. The third-order valence-electron chi connectivity index (χ3n) is 3.33. The second kappa shape index (κ2) is 7.40. The van der Waals surface area contributed by atoms with Gasteiger partial charge >= 0.3 is 0 Å². The molecular weight excluding hydrogens is 276 g/mol. The molecule has 1 aromatic carbocycles. The Balaban J connectivity index is 2.07. The first kappa shape index (κ1) is 15.0. The summed E-state index contributed by atoms with van der Waals surface area (Å²) in [5.74, 6) is 1.80. The van der Waals surface area contributed by atoms with E-state index in [0.717, 1.165) is 43.1 Å². The van der Waals surface area contributed by atoms with Gasteiger partial charge in [-0.05, 0) is 31.0 Å². The number of oxime groups is 1. The number of nitrogens with two attached hydrogens (primary N) is 1. The maximum Gasteiger partial charge on any atom is 0.170 e. The smallest absolute Gasteiger partial charge is 0.170 e. The summed E-state index contributed by atoms with van der Waals surface area (Å²) in [6.07, 6.45) is 2.18. The first-order chi connectivity index (χ1) is 9.74. The first-order valence-electron chi connectivity index (χ1n) is 6.58. The molecule has 110 valence electrons. The molecule has 6 heteroatoms. The van der Waals surface area contributed by atoms with Gasteiger partial charge in [0.25, 0.3) is 0 Å². The Bertz CT molecular complexity index is 473. The van der Waals surface area contributed by atoms with E-state index < -0.39 is 0 Å². The van der Waals surface area contributed by atoms with Crippen molar-refractivity contribution in [2.45, 2.75) is 23.8 Å². The molecule has 5 nitrogen and oxygen atoms in total. The van der Waals surface area contributed by atoms with E-state index in [1.807, 2.05) is 23.9 Å². The maximum absolute atomic E-state index is 8.75. The molecule has 20 heavy (non-hydrogen) atoms. The van der Waals surface area contributed by atoms with E-state index in [2.05, 4.69) is 5.16 Å². The van der Waals surface area contributed by atoms with Crippen LogP contribution in [0.15, 0.2) is 23.4 Å². The lowest BCUT2D eigenvalue weighted by molar-refractivity contribution is 0.1000. The standard InChI is InChI=1S/C14H20N2O3S/c1-18-13-3-2-10(14(15)16-17)8-11(13)9-20-12-4-6-19-7-5-12/h2-3,8,12,17H,4-7,9H2,1H3,(H2,15,16). The predicted molar refractivity (Wildman–Crippen MR) is 80.6 cm³/mol. The lowest BCUT2D eigenvalue weighted by atomic mass is 10.1. The molecular formula is C14H20N2O3S. The summed E-state index contributed by atoms with van der Waals surface area (Å²) in [6.45, 7) is 1.69. The Morgan fingerprint density at radius 1 is 1.50 bits per heavy atom. The third kappa shape index (κ3) is 3.80. The van der Waals surface area contributed by atoms with Crippen LogP contribution in [-0.4, -0.2) is 36.6 Å². The van der Waals surface area contributed by atoms with Gasteiger partial charge in [-0.2, -0.15) is 11.8 Å². The molecule has 0 spiro atoms. The minimum atomic E-state index is 0.116. The molecule has 1 aliphatic heterocycles. The molecule has 0 amide bonds. The number of rotatable bonds is 5. The van der Waals surface area contributed by atoms with Crippen molar-refractivity contribution in [3.63, 3.8) is 0 Å². The van der Waals surface area contributed by atoms with Crippen molar-refractivity contribution in [3.05, 3.63) is 29.3 Å². The summed E-state index contributed by atoms with van der Waals surface area (Å²) in [5, 5.41) is 12.4. The maximum atomic E-state index is 8.75. The largest absolute Gasteiger partial charge is 0.496 e. The Kier molecular flexibility index (Phi) is 5.55. The summed E-state index contributed by atoms with van der Waals surface area (Å²) < 4.78 is 10.7. The molecule has 0 radical (unpaired) electrons. The fraction of sp³-hybridized carbons (Fsp3) is 0.500. The molecule has 1 saturated heterocycles. The average Bonchev–Trinajstić information content (AvgIpc) is 2.52. The van der Waals surface area contributed by atoms with Gasteiger partial charge in [-0.3, -0.25) is 0 Å². The van der Waals surface area contributed by atoms with Crippen molar-refractivity contribution >= 4 is 17.6 Å². The van der Waals surface area contributed by atoms with Gasteiger partial charge in [-0.1, -0.05) is 5.16 Å². The topological polar surface area (TPSA) is 77.1 Å². The zero-order valence-corrected chi connectivity index (χ0v) is 12.4. The molecule has 1 aromatic rings. The van der Waals surface area contributed by atoms with E-state index in [9.17, 15) is 0 Å². The lowest BCUT2D eigenvalue weighted by Crippen LogP contribution is -2.17. The van der Waals surface area contributed by atoms with Gasteiger partial charge in [-0.25, -0.2) is 0 Å². The number of hydrogen-bond donors (Lipinski definition) is 2.